The van der Waals surface area contributed by atoms with Crippen LogP contribution in [-0.2, 0) is 6.42 Å². The molecule has 0 spiro atoms. The van der Waals surface area contributed by atoms with Gasteiger partial charge in [-0.3, -0.25) is 9.67 Å². The lowest BCUT2D eigenvalue weighted by Gasteiger charge is -2.13. The van der Waals surface area contributed by atoms with Crippen LogP contribution in [0.1, 0.15) is 50.1 Å². The maximum absolute atomic E-state index is 13.1. The highest BCUT2D eigenvalue weighted by atomic mass is 19.1. The fraction of sp³-hybridized carbons (Fsp3) is 0.467. The predicted octanol–water partition coefficient (Wildman–Crippen LogP) is 3.05. The first kappa shape index (κ1) is 14.7. The number of hydrogen-bond donors (Lipinski definition) is 1. The molecule has 4 nitrogen and oxygen atoms in total. The van der Waals surface area contributed by atoms with Crippen LogP contribution in [-0.4, -0.2) is 19.9 Å². The summed E-state index contributed by atoms with van der Waals surface area (Å²) in [6.07, 6.45) is 6.15. The highest BCUT2D eigenvalue weighted by Gasteiger charge is 2.13. The zero-order valence-corrected chi connectivity index (χ0v) is 11.8. The second kappa shape index (κ2) is 6.61. The van der Waals surface area contributed by atoms with E-state index >= 15 is 0 Å². The summed E-state index contributed by atoms with van der Waals surface area (Å²) in [6, 6.07) is 3.58. The molecule has 0 radical (unpaired) electrons. The minimum absolute atomic E-state index is 0.359. The molecule has 2 aromatic heterocycles. The quantitative estimate of drug-likeness (QED) is 0.883. The van der Waals surface area contributed by atoms with E-state index in [9.17, 15) is 9.50 Å². The molecule has 1 unspecified atom stereocenters. The molecule has 1 N–H and O–H groups in total. The van der Waals surface area contributed by atoms with E-state index in [1.807, 2.05) is 16.9 Å². The maximum atomic E-state index is 13.1. The van der Waals surface area contributed by atoms with Gasteiger partial charge in [0.25, 0.3) is 0 Å². The summed E-state index contributed by atoms with van der Waals surface area (Å²) in [7, 11) is 0. The number of halogens is 1. The van der Waals surface area contributed by atoms with Crippen LogP contribution in [0.25, 0.3) is 0 Å². The Kier molecular flexibility index (Phi) is 4.84. The van der Waals surface area contributed by atoms with Gasteiger partial charge in [0.1, 0.15) is 5.82 Å². The summed E-state index contributed by atoms with van der Waals surface area (Å²) in [4.78, 5) is 3.75. The number of aliphatic hydroxyl groups is 1. The van der Waals surface area contributed by atoms with Crippen molar-refractivity contribution in [2.24, 2.45) is 0 Å². The van der Waals surface area contributed by atoms with Crippen molar-refractivity contribution in [3.63, 3.8) is 0 Å². The van der Waals surface area contributed by atoms with Crippen molar-refractivity contribution in [2.45, 2.75) is 45.3 Å². The van der Waals surface area contributed by atoms with E-state index in [1.165, 1.54) is 12.3 Å². The predicted molar refractivity (Wildman–Crippen MR) is 74.7 cm³/mol. The summed E-state index contributed by atoms with van der Waals surface area (Å²) in [5.74, 6) is -0.441. The largest absolute Gasteiger partial charge is 0.388 e. The van der Waals surface area contributed by atoms with Crippen molar-refractivity contribution in [1.82, 2.24) is 14.8 Å². The zero-order valence-electron chi connectivity index (χ0n) is 11.8. The summed E-state index contributed by atoms with van der Waals surface area (Å²) >= 11 is 0. The number of aromatic nitrogens is 3. The van der Waals surface area contributed by atoms with Gasteiger partial charge >= 0.3 is 0 Å². The average molecular weight is 277 g/mol. The molecule has 1 atom stereocenters. The van der Waals surface area contributed by atoms with Crippen molar-refractivity contribution in [2.75, 3.05) is 0 Å². The average Bonchev–Trinajstić information content (AvgIpc) is 2.88. The van der Waals surface area contributed by atoms with Crippen LogP contribution in [0.3, 0.4) is 0 Å². The summed E-state index contributed by atoms with van der Waals surface area (Å²) in [5.41, 5.74) is 1.27. The van der Waals surface area contributed by atoms with Crippen LogP contribution in [0.2, 0.25) is 0 Å². The fourth-order valence-corrected chi connectivity index (χ4v) is 2.28. The third kappa shape index (κ3) is 3.42. The molecule has 5 heteroatoms. The molecule has 2 heterocycles. The van der Waals surface area contributed by atoms with Gasteiger partial charge in [0.15, 0.2) is 0 Å². The Balaban J connectivity index is 2.06. The summed E-state index contributed by atoms with van der Waals surface area (Å²) in [6.45, 7) is 4.26. The van der Waals surface area contributed by atoms with Crippen molar-refractivity contribution < 1.29 is 9.50 Å². The Labute approximate surface area is 118 Å². The minimum Gasteiger partial charge on any atom is -0.388 e. The van der Waals surface area contributed by atoms with Crippen molar-refractivity contribution >= 4 is 0 Å². The Hall–Kier alpha value is -1.75. The fourth-order valence-electron chi connectivity index (χ4n) is 2.28. The molecule has 0 aliphatic rings. The number of aliphatic hydroxyl groups excluding tert-OH is 1. The lowest BCUT2D eigenvalue weighted by atomic mass is 10.1. The molecule has 0 saturated carbocycles. The lowest BCUT2D eigenvalue weighted by Crippen LogP contribution is -2.09. The SMILES string of the molecule is CCC(CC)n1ccc(CC(O)c2cncc(F)c2)n1. The van der Waals surface area contributed by atoms with Gasteiger partial charge in [-0.2, -0.15) is 5.10 Å². The molecular weight excluding hydrogens is 257 g/mol. The molecule has 2 rings (SSSR count). The third-order valence-corrected chi connectivity index (χ3v) is 3.49. The molecule has 2 aromatic rings. The van der Waals surface area contributed by atoms with Gasteiger partial charge in [-0.1, -0.05) is 13.8 Å². The van der Waals surface area contributed by atoms with E-state index < -0.39 is 11.9 Å². The minimum atomic E-state index is -0.789. The highest BCUT2D eigenvalue weighted by Crippen LogP contribution is 2.19. The van der Waals surface area contributed by atoms with Gasteiger partial charge in [-0.25, -0.2) is 4.39 Å². The van der Waals surface area contributed by atoms with Crippen LogP contribution >= 0.6 is 0 Å². The lowest BCUT2D eigenvalue weighted by molar-refractivity contribution is 0.176. The van der Waals surface area contributed by atoms with E-state index in [-0.39, 0.29) is 0 Å². The van der Waals surface area contributed by atoms with Gasteiger partial charge in [-0.15, -0.1) is 0 Å². The van der Waals surface area contributed by atoms with E-state index in [1.54, 1.807) is 0 Å². The van der Waals surface area contributed by atoms with E-state index in [0.29, 0.717) is 18.0 Å². The molecule has 0 fully saturated rings. The third-order valence-electron chi connectivity index (χ3n) is 3.49. The zero-order chi connectivity index (χ0) is 14.5. The maximum Gasteiger partial charge on any atom is 0.141 e. The first-order chi connectivity index (χ1) is 9.63. The molecule has 108 valence electrons. The van der Waals surface area contributed by atoms with E-state index in [2.05, 4.69) is 23.9 Å². The molecule has 0 saturated heterocycles. The number of hydrogen-bond acceptors (Lipinski definition) is 3. The molecule has 20 heavy (non-hydrogen) atoms. The summed E-state index contributed by atoms with van der Waals surface area (Å²) < 4.78 is 15.0. The van der Waals surface area contributed by atoms with Gasteiger partial charge < -0.3 is 5.11 Å². The van der Waals surface area contributed by atoms with Crippen LogP contribution in [0, 0.1) is 5.82 Å². The molecule has 0 amide bonds. The highest BCUT2D eigenvalue weighted by molar-refractivity contribution is 5.16. The number of pyridine rings is 1. The molecule has 0 aromatic carbocycles. The molecule has 0 aliphatic heterocycles. The van der Waals surface area contributed by atoms with E-state index in [4.69, 9.17) is 0 Å². The first-order valence-corrected chi connectivity index (χ1v) is 6.96. The molecular formula is C15H20FN3O. The normalized spacial score (nSPS) is 12.8. The Bertz CT molecular complexity index is 552. The topological polar surface area (TPSA) is 50.9 Å². The molecule has 0 aliphatic carbocycles. The summed E-state index contributed by atoms with van der Waals surface area (Å²) in [5, 5.41) is 14.6. The van der Waals surface area contributed by atoms with Gasteiger partial charge in [0.2, 0.25) is 0 Å². The monoisotopic (exact) mass is 277 g/mol. The van der Waals surface area contributed by atoms with E-state index in [0.717, 1.165) is 24.7 Å². The van der Waals surface area contributed by atoms with Gasteiger partial charge in [0, 0.05) is 24.4 Å². The van der Waals surface area contributed by atoms with Gasteiger partial charge in [-0.05, 0) is 25.0 Å². The second-order valence-electron chi connectivity index (χ2n) is 4.91. The number of nitrogens with zero attached hydrogens (tertiary/aromatic N) is 3. The Morgan fingerprint density at radius 1 is 1.30 bits per heavy atom. The van der Waals surface area contributed by atoms with Crippen LogP contribution in [0.4, 0.5) is 4.39 Å². The second-order valence-corrected chi connectivity index (χ2v) is 4.91. The van der Waals surface area contributed by atoms with Gasteiger partial charge in [0.05, 0.1) is 24.0 Å². The van der Waals surface area contributed by atoms with Crippen LogP contribution < -0.4 is 0 Å². The number of rotatable bonds is 6. The Morgan fingerprint density at radius 2 is 2.05 bits per heavy atom. The van der Waals surface area contributed by atoms with Crippen LogP contribution in [0.15, 0.2) is 30.7 Å². The first-order valence-electron chi connectivity index (χ1n) is 6.96. The van der Waals surface area contributed by atoms with Crippen molar-refractivity contribution in [3.8, 4) is 0 Å². The van der Waals surface area contributed by atoms with Crippen molar-refractivity contribution in [3.05, 3.63) is 47.8 Å². The van der Waals surface area contributed by atoms with Crippen LogP contribution in [0.5, 0.6) is 0 Å². The standard InChI is InChI=1S/C15H20FN3O/c1-3-14(4-2)19-6-5-13(18-19)8-15(20)11-7-12(16)10-17-9-11/h5-7,9-10,14-15,20H,3-4,8H2,1-2H3. The Morgan fingerprint density at radius 3 is 2.70 bits per heavy atom. The smallest absolute Gasteiger partial charge is 0.141 e. The molecule has 0 bridgehead atoms. The van der Waals surface area contributed by atoms with Crippen molar-refractivity contribution in [1.29, 1.82) is 0 Å².